The van der Waals surface area contributed by atoms with E-state index in [-0.39, 0.29) is 17.9 Å². The number of aliphatic hydroxyl groups is 1. The van der Waals surface area contributed by atoms with E-state index < -0.39 is 35.6 Å². The fourth-order valence-corrected chi connectivity index (χ4v) is 1.82. The maximum absolute atomic E-state index is 13.5. The van der Waals surface area contributed by atoms with E-state index in [2.05, 4.69) is 5.32 Å². The maximum Gasteiger partial charge on any atom is 0.277 e. The monoisotopic (exact) mass is 293 g/mol. The van der Waals surface area contributed by atoms with E-state index in [1.165, 1.54) is 6.07 Å². The summed E-state index contributed by atoms with van der Waals surface area (Å²) >= 11 is 0. The van der Waals surface area contributed by atoms with Gasteiger partial charge in [0.2, 0.25) is 0 Å². The van der Waals surface area contributed by atoms with Gasteiger partial charge in [-0.3, -0.25) is 14.5 Å². The van der Waals surface area contributed by atoms with Gasteiger partial charge in [0, 0.05) is 6.08 Å². The minimum atomic E-state index is -1.34. The molecule has 0 fully saturated rings. The second-order valence-electron chi connectivity index (χ2n) is 4.10. The lowest BCUT2D eigenvalue weighted by Crippen LogP contribution is -2.34. The zero-order valence-corrected chi connectivity index (χ0v) is 10.6. The highest BCUT2D eigenvalue weighted by Gasteiger charge is 2.31. The Balaban J connectivity index is 2.31. The number of imide groups is 1. The Labute approximate surface area is 117 Å². The average molecular weight is 293 g/mol. The van der Waals surface area contributed by atoms with Gasteiger partial charge in [-0.15, -0.1) is 0 Å². The molecule has 1 aliphatic rings. The van der Waals surface area contributed by atoms with Crippen LogP contribution in [0.1, 0.15) is 5.56 Å². The second-order valence-corrected chi connectivity index (χ2v) is 4.10. The number of nitriles is 1. The third-order valence-electron chi connectivity index (χ3n) is 2.81. The number of carbonyl (C=O) groups excluding carboxylic acids is 2. The number of halogens is 2. The normalized spacial score (nSPS) is 14.2. The molecule has 0 unspecified atom stereocenters. The molecule has 0 spiro atoms. The number of rotatable bonds is 4. The first-order chi connectivity index (χ1) is 9.99. The zero-order valence-electron chi connectivity index (χ0n) is 10.6. The van der Waals surface area contributed by atoms with Gasteiger partial charge in [-0.05, 0) is 12.1 Å². The van der Waals surface area contributed by atoms with Gasteiger partial charge in [0.15, 0.2) is 11.6 Å². The number of aliphatic hydroxyl groups excluding tert-OH is 1. The Kier molecular flexibility index (Phi) is 3.95. The van der Waals surface area contributed by atoms with Gasteiger partial charge in [-0.25, -0.2) is 8.78 Å². The van der Waals surface area contributed by atoms with E-state index in [0.717, 1.165) is 23.1 Å². The molecule has 0 saturated heterocycles. The van der Waals surface area contributed by atoms with Crippen molar-refractivity contribution in [3.63, 3.8) is 0 Å². The molecule has 1 aromatic carbocycles. The summed E-state index contributed by atoms with van der Waals surface area (Å²) in [5, 5.41) is 20.0. The first-order valence-electron chi connectivity index (χ1n) is 5.83. The summed E-state index contributed by atoms with van der Waals surface area (Å²) in [5.74, 6) is -3.89. The summed E-state index contributed by atoms with van der Waals surface area (Å²) in [6, 6.07) is 3.37. The van der Waals surface area contributed by atoms with Crippen molar-refractivity contribution < 1.29 is 23.5 Å². The molecular weight excluding hydrogens is 284 g/mol. The Hall–Kier alpha value is -2.79. The van der Waals surface area contributed by atoms with E-state index in [4.69, 9.17) is 10.4 Å². The molecule has 0 aliphatic carbocycles. The minimum absolute atomic E-state index is 0.130. The third kappa shape index (κ3) is 2.59. The number of benzene rings is 1. The van der Waals surface area contributed by atoms with Gasteiger partial charge < -0.3 is 10.4 Å². The Morgan fingerprint density at radius 1 is 1.33 bits per heavy atom. The zero-order chi connectivity index (χ0) is 15.6. The van der Waals surface area contributed by atoms with Gasteiger partial charge in [-0.2, -0.15) is 5.26 Å². The molecule has 2 rings (SSSR count). The lowest BCUT2D eigenvalue weighted by Gasteiger charge is -2.14. The molecule has 0 saturated carbocycles. The van der Waals surface area contributed by atoms with Crippen molar-refractivity contribution in [3.8, 4) is 6.07 Å². The molecule has 108 valence electrons. The Bertz CT molecular complexity index is 695. The number of nitrogens with zero attached hydrogens (tertiary/aromatic N) is 2. The van der Waals surface area contributed by atoms with E-state index in [1.807, 2.05) is 0 Å². The number of amides is 2. The third-order valence-corrected chi connectivity index (χ3v) is 2.81. The number of anilines is 1. The first-order valence-corrected chi connectivity index (χ1v) is 5.83. The summed E-state index contributed by atoms with van der Waals surface area (Å²) < 4.78 is 26.5. The molecular formula is C13H9F2N3O3. The van der Waals surface area contributed by atoms with Crippen LogP contribution in [0, 0.1) is 23.0 Å². The van der Waals surface area contributed by atoms with Crippen LogP contribution in [0.2, 0.25) is 0 Å². The number of hydrogen-bond donors (Lipinski definition) is 2. The Morgan fingerprint density at radius 3 is 2.67 bits per heavy atom. The fourth-order valence-electron chi connectivity index (χ4n) is 1.82. The van der Waals surface area contributed by atoms with Crippen molar-refractivity contribution in [2.24, 2.45) is 0 Å². The van der Waals surface area contributed by atoms with Gasteiger partial charge in [0.25, 0.3) is 11.8 Å². The SMILES string of the molecule is N#Cc1c(NC2=CC(=O)N(CCO)C2=O)ccc(F)c1F. The summed E-state index contributed by atoms with van der Waals surface area (Å²) in [6.45, 7) is -0.574. The van der Waals surface area contributed by atoms with Gasteiger partial charge in [-0.1, -0.05) is 0 Å². The van der Waals surface area contributed by atoms with Crippen LogP contribution < -0.4 is 5.32 Å². The molecule has 8 heteroatoms. The quantitative estimate of drug-likeness (QED) is 0.788. The fraction of sp³-hybridized carbons (Fsp3) is 0.154. The lowest BCUT2D eigenvalue weighted by atomic mass is 10.1. The van der Waals surface area contributed by atoms with Crippen molar-refractivity contribution in [1.82, 2.24) is 4.90 Å². The largest absolute Gasteiger partial charge is 0.395 e. The summed E-state index contributed by atoms with van der Waals surface area (Å²) in [5.41, 5.74) is -0.914. The topological polar surface area (TPSA) is 93.4 Å². The summed E-state index contributed by atoms with van der Waals surface area (Å²) in [4.78, 5) is 24.2. The molecule has 6 nitrogen and oxygen atoms in total. The van der Waals surface area contributed by atoms with Crippen molar-refractivity contribution in [2.45, 2.75) is 0 Å². The van der Waals surface area contributed by atoms with Gasteiger partial charge in [0.05, 0.1) is 18.8 Å². The van der Waals surface area contributed by atoms with E-state index in [0.29, 0.717) is 0 Å². The minimum Gasteiger partial charge on any atom is -0.395 e. The number of hydrogen-bond acceptors (Lipinski definition) is 5. The van der Waals surface area contributed by atoms with E-state index in [1.54, 1.807) is 0 Å². The van der Waals surface area contributed by atoms with Crippen molar-refractivity contribution in [3.05, 3.63) is 41.1 Å². The molecule has 21 heavy (non-hydrogen) atoms. The number of nitrogens with one attached hydrogen (secondary N) is 1. The van der Waals surface area contributed by atoms with Gasteiger partial charge >= 0.3 is 0 Å². The second kappa shape index (κ2) is 5.68. The molecule has 2 amide bonds. The number of carbonyl (C=O) groups is 2. The lowest BCUT2D eigenvalue weighted by molar-refractivity contribution is -0.137. The summed E-state index contributed by atoms with van der Waals surface area (Å²) in [7, 11) is 0. The van der Waals surface area contributed by atoms with Crippen LogP contribution in [0.15, 0.2) is 23.9 Å². The smallest absolute Gasteiger partial charge is 0.277 e. The molecule has 1 aliphatic heterocycles. The molecule has 1 aromatic rings. The van der Waals surface area contributed by atoms with Crippen molar-refractivity contribution in [1.29, 1.82) is 5.26 Å². The first kappa shape index (κ1) is 14.6. The standard InChI is InChI=1S/C13H9F2N3O3/c14-8-1-2-9(7(6-16)12(8)15)17-10-5-11(20)18(3-4-19)13(10)21/h1-2,5,17,19H,3-4H2. The Morgan fingerprint density at radius 2 is 2.05 bits per heavy atom. The number of β-amino-alcohol motifs (C(OH)–C–C–N with tert-alkyl or cyclic N) is 1. The van der Waals surface area contributed by atoms with Crippen LogP contribution in [0.4, 0.5) is 14.5 Å². The predicted molar refractivity (Wildman–Crippen MR) is 66.6 cm³/mol. The highest BCUT2D eigenvalue weighted by atomic mass is 19.2. The van der Waals surface area contributed by atoms with Crippen LogP contribution in [-0.4, -0.2) is 35.0 Å². The molecule has 1 heterocycles. The molecule has 0 bridgehead atoms. The van der Waals surface area contributed by atoms with Gasteiger partial charge in [0.1, 0.15) is 17.3 Å². The van der Waals surface area contributed by atoms with Crippen molar-refractivity contribution >= 4 is 17.5 Å². The maximum atomic E-state index is 13.5. The predicted octanol–water partition coefficient (Wildman–Crippen LogP) is 0.493. The van der Waals surface area contributed by atoms with Crippen LogP contribution >= 0.6 is 0 Å². The van der Waals surface area contributed by atoms with Crippen LogP contribution in [-0.2, 0) is 9.59 Å². The molecule has 0 atom stereocenters. The molecule has 2 N–H and O–H groups in total. The van der Waals surface area contributed by atoms with E-state index in [9.17, 15) is 18.4 Å². The highest BCUT2D eigenvalue weighted by Crippen LogP contribution is 2.24. The van der Waals surface area contributed by atoms with Crippen molar-refractivity contribution in [2.75, 3.05) is 18.5 Å². The van der Waals surface area contributed by atoms with Crippen LogP contribution in [0.25, 0.3) is 0 Å². The van der Waals surface area contributed by atoms with Crippen LogP contribution in [0.5, 0.6) is 0 Å². The molecule has 0 radical (unpaired) electrons. The van der Waals surface area contributed by atoms with E-state index >= 15 is 0 Å². The highest BCUT2D eigenvalue weighted by molar-refractivity contribution is 6.17. The van der Waals surface area contributed by atoms with Crippen LogP contribution in [0.3, 0.4) is 0 Å². The summed E-state index contributed by atoms with van der Waals surface area (Å²) in [6.07, 6.45) is 0.959. The molecule has 0 aromatic heterocycles. The average Bonchev–Trinajstić information content (AvgIpc) is 2.71.